The van der Waals surface area contributed by atoms with Crippen molar-refractivity contribution in [3.63, 3.8) is 0 Å². The summed E-state index contributed by atoms with van der Waals surface area (Å²) in [5, 5.41) is 19.6. The summed E-state index contributed by atoms with van der Waals surface area (Å²) >= 11 is 0. The summed E-state index contributed by atoms with van der Waals surface area (Å²) < 4.78 is -0.351. The Morgan fingerprint density at radius 1 is 1.56 bits per heavy atom. The highest BCUT2D eigenvalue weighted by Gasteiger charge is 2.12. The van der Waals surface area contributed by atoms with E-state index in [9.17, 15) is 5.21 Å². The number of nitrogens with zero attached hydrogens (tertiary/aromatic N) is 1. The highest BCUT2D eigenvalue weighted by molar-refractivity contribution is 4.42. The number of hydroxylamine groups is 3. The Morgan fingerprint density at radius 3 is 2.11 bits per heavy atom. The molecule has 0 saturated carbocycles. The Balaban J connectivity index is 3.70. The molecule has 9 heavy (non-hydrogen) atoms. The molecule has 0 heterocycles. The van der Waals surface area contributed by atoms with Crippen LogP contribution in [0.15, 0.2) is 0 Å². The fraction of sp³-hybridized carbons (Fsp3) is 1.00. The van der Waals surface area contributed by atoms with Crippen molar-refractivity contribution in [2.75, 3.05) is 20.2 Å². The predicted octanol–water partition coefficient (Wildman–Crippen LogP) is 0.331. The zero-order valence-corrected chi connectivity index (χ0v) is 6.29. The van der Waals surface area contributed by atoms with Crippen LogP contribution in [0.25, 0.3) is 0 Å². The molecule has 0 spiro atoms. The highest BCUT2D eigenvalue weighted by Crippen LogP contribution is 2.04. The van der Waals surface area contributed by atoms with E-state index in [-0.39, 0.29) is 23.8 Å². The standard InChI is InChI=1S/C6H15NO2/c1-6(2)7(3,9)4-5-8/h6,8H,4-5H2,1-3H3. The van der Waals surface area contributed by atoms with Gasteiger partial charge in [-0.05, 0) is 13.8 Å². The third-order valence-electron chi connectivity index (χ3n) is 1.64. The lowest BCUT2D eigenvalue weighted by Gasteiger charge is -2.42. The van der Waals surface area contributed by atoms with Crippen LogP contribution in [0.2, 0.25) is 0 Å². The Labute approximate surface area is 56.1 Å². The van der Waals surface area contributed by atoms with Gasteiger partial charge in [0.05, 0.1) is 19.7 Å². The van der Waals surface area contributed by atoms with Crippen molar-refractivity contribution in [1.82, 2.24) is 0 Å². The molecule has 3 heteroatoms. The molecule has 0 aromatic heterocycles. The molecule has 0 aromatic carbocycles. The van der Waals surface area contributed by atoms with E-state index in [0.29, 0.717) is 0 Å². The maximum Gasteiger partial charge on any atom is 0.102 e. The van der Waals surface area contributed by atoms with Gasteiger partial charge in [0.15, 0.2) is 0 Å². The van der Waals surface area contributed by atoms with E-state index in [1.54, 1.807) is 7.05 Å². The van der Waals surface area contributed by atoms with Gasteiger partial charge in [-0.3, -0.25) is 0 Å². The molecule has 0 rings (SSSR count). The largest absolute Gasteiger partial charge is 0.633 e. The first kappa shape index (κ1) is 8.88. The molecule has 3 nitrogen and oxygen atoms in total. The number of quaternary nitrogens is 1. The van der Waals surface area contributed by atoms with Crippen LogP contribution in [0.4, 0.5) is 0 Å². The van der Waals surface area contributed by atoms with Gasteiger partial charge in [0.2, 0.25) is 0 Å². The zero-order chi connectivity index (χ0) is 7.49. The number of likely N-dealkylation sites (N-methyl/N-ethyl adjacent to an activating group) is 1. The summed E-state index contributed by atoms with van der Waals surface area (Å²) in [5.74, 6) is 0. The van der Waals surface area contributed by atoms with E-state index in [4.69, 9.17) is 5.11 Å². The third kappa shape index (κ3) is 2.79. The molecular weight excluding hydrogens is 118 g/mol. The quantitative estimate of drug-likeness (QED) is 0.445. The second kappa shape index (κ2) is 3.15. The average Bonchev–Trinajstić information content (AvgIpc) is 1.65. The summed E-state index contributed by atoms with van der Waals surface area (Å²) in [5.41, 5.74) is 0. The summed E-state index contributed by atoms with van der Waals surface area (Å²) in [4.78, 5) is 0. The minimum atomic E-state index is -0.351. The molecule has 0 aliphatic rings. The van der Waals surface area contributed by atoms with Crippen molar-refractivity contribution in [2.24, 2.45) is 0 Å². The molecule has 0 aliphatic carbocycles. The fourth-order valence-electron chi connectivity index (χ4n) is 0.457. The van der Waals surface area contributed by atoms with Gasteiger partial charge in [0.25, 0.3) is 0 Å². The van der Waals surface area contributed by atoms with Crippen molar-refractivity contribution in [3.8, 4) is 0 Å². The van der Waals surface area contributed by atoms with E-state index in [0.717, 1.165) is 0 Å². The second-order valence-corrected chi connectivity index (χ2v) is 2.72. The van der Waals surface area contributed by atoms with E-state index in [1.807, 2.05) is 13.8 Å². The third-order valence-corrected chi connectivity index (χ3v) is 1.64. The van der Waals surface area contributed by atoms with Crippen LogP contribution < -0.4 is 0 Å². The number of hydrogen-bond acceptors (Lipinski definition) is 2. The number of hydrogen-bond donors (Lipinski definition) is 1. The van der Waals surface area contributed by atoms with Gasteiger partial charge < -0.3 is 15.0 Å². The first-order valence-electron chi connectivity index (χ1n) is 3.18. The molecule has 0 radical (unpaired) electrons. The molecule has 1 atom stereocenters. The van der Waals surface area contributed by atoms with Crippen molar-refractivity contribution < 1.29 is 9.75 Å². The van der Waals surface area contributed by atoms with Gasteiger partial charge >= 0.3 is 0 Å². The minimum Gasteiger partial charge on any atom is -0.633 e. The lowest BCUT2D eigenvalue weighted by molar-refractivity contribution is -0.882. The van der Waals surface area contributed by atoms with Gasteiger partial charge in [-0.2, -0.15) is 0 Å². The van der Waals surface area contributed by atoms with Crippen LogP contribution >= 0.6 is 0 Å². The van der Waals surface area contributed by atoms with Crippen molar-refractivity contribution >= 4 is 0 Å². The molecule has 56 valence electrons. The van der Waals surface area contributed by atoms with Crippen LogP contribution in [0.5, 0.6) is 0 Å². The van der Waals surface area contributed by atoms with Crippen LogP contribution in [-0.2, 0) is 0 Å². The smallest absolute Gasteiger partial charge is 0.102 e. The molecule has 0 aromatic rings. The van der Waals surface area contributed by atoms with Crippen LogP contribution in [0.1, 0.15) is 13.8 Å². The first-order chi connectivity index (χ1) is 4.00. The molecule has 0 bridgehead atoms. The Kier molecular flexibility index (Phi) is 3.11. The lowest BCUT2D eigenvalue weighted by Crippen LogP contribution is -2.45. The lowest BCUT2D eigenvalue weighted by atomic mass is 10.3. The predicted molar refractivity (Wildman–Crippen MR) is 36.6 cm³/mol. The SMILES string of the molecule is CC(C)[N+](C)([O-])CCO. The number of aliphatic hydroxyl groups is 1. The highest BCUT2D eigenvalue weighted by atomic mass is 16.5. The Bertz CT molecular complexity index is 81.1. The van der Waals surface area contributed by atoms with Crippen molar-refractivity contribution in [1.29, 1.82) is 0 Å². The van der Waals surface area contributed by atoms with Gasteiger partial charge in [-0.15, -0.1) is 0 Å². The van der Waals surface area contributed by atoms with Crippen molar-refractivity contribution in [2.45, 2.75) is 19.9 Å². The van der Waals surface area contributed by atoms with Crippen LogP contribution in [0, 0.1) is 5.21 Å². The minimum absolute atomic E-state index is 0.0296. The monoisotopic (exact) mass is 133 g/mol. The molecule has 0 amide bonds. The van der Waals surface area contributed by atoms with E-state index < -0.39 is 0 Å². The van der Waals surface area contributed by atoms with E-state index in [2.05, 4.69) is 0 Å². The molecular formula is C6H15NO2. The van der Waals surface area contributed by atoms with E-state index >= 15 is 0 Å². The molecule has 0 saturated heterocycles. The maximum absolute atomic E-state index is 11.2. The number of rotatable bonds is 3. The maximum atomic E-state index is 11.2. The topological polar surface area (TPSA) is 43.3 Å². The van der Waals surface area contributed by atoms with Crippen LogP contribution in [0.3, 0.4) is 0 Å². The molecule has 0 fully saturated rings. The summed E-state index contributed by atoms with van der Waals surface area (Å²) in [6, 6.07) is 0.0390. The molecule has 0 aliphatic heterocycles. The Morgan fingerprint density at radius 2 is 2.00 bits per heavy atom. The summed E-state index contributed by atoms with van der Waals surface area (Å²) in [7, 11) is 1.57. The van der Waals surface area contributed by atoms with Crippen molar-refractivity contribution in [3.05, 3.63) is 5.21 Å². The summed E-state index contributed by atoms with van der Waals surface area (Å²) in [6.45, 7) is 3.96. The fourth-order valence-corrected chi connectivity index (χ4v) is 0.457. The average molecular weight is 133 g/mol. The molecule has 1 unspecified atom stereocenters. The van der Waals surface area contributed by atoms with Crippen LogP contribution in [-0.4, -0.2) is 36.0 Å². The van der Waals surface area contributed by atoms with Gasteiger partial charge in [-0.25, -0.2) is 0 Å². The normalized spacial score (nSPS) is 18.0. The Hall–Kier alpha value is -0.120. The zero-order valence-electron chi connectivity index (χ0n) is 6.29. The number of aliphatic hydroxyl groups excluding tert-OH is 1. The first-order valence-corrected chi connectivity index (χ1v) is 3.18. The second-order valence-electron chi connectivity index (χ2n) is 2.72. The van der Waals surface area contributed by atoms with Gasteiger partial charge in [0.1, 0.15) is 6.54 Å². The molecule has 1 N–H and O–H groups in total. The summed E-state index contributed by atoms with van der Waals surface area (Å²) in [6.07, 6.45) is 0. The van der Waals surface area contributed by atoms with E-state index in [1.165, 1.54) is 0 Å². The van der Waals surface area contributed by atoms with Gasteiger partial charge in [-0.1, -0.05) is 0 Å². The van der Waals surface area contributed by atoms with Gasteiger partial charge in [0, 0.05) is 0 Å².